The number of nitrogens with zero attached hydrogens (tertiary/aromatic N) is 2. The van der Waals surface area contributed by atoms with Crippen LogP contribution in [0, 0.1) is 0 Å². The first-order valence-corrected chi connectivity index (χ1v) is 12.2. The van der Waals surface area contributed by atoms with Crippen LogP contribution in [0.4, 0.5) is 0 Å². The molecule has 0 bridgehead atoms. The summed E-state index contributed by atoms with van der Waals surface area (Å²) in [6.07, 6.45) is 0. The Morgan fingerprint density at radius 3 is 1.67 bits per heavy atom. The zero-order valence-electron chi connectivity index (χ0n) is 21.7. The lowest BCUT2D eigenvalue weighted by atomic mass is 10.1. The lowest BCUT2D eigenvalue weighted by molar-refractivity contribution is 0.121. The zero-order chi connectivity index (χ0) is 25.3. The summed E-state index contributed by atoms with van der Waals surface area (Å²) in [5.74, 6) is 3.54. The highest BCUT2D eigenvalue weighted by molar-refractivity contribution is 5.53. The monoisotopic (exact) mass is 492 g/mol. The Morgan fingerprint density at radius 1 is 0.556 bits per heavy atom. The van der Waals surface area contributed by atoms with Gasteiger partial charge in [0.05, 0.1) is 28.4 Å². The van der Waals surface area contributed by atoms with E-state index >= 15 is 0 Å². The molecule has 0 unspecified atom stereocenters. The van der Waals surface area contributed by atoms with E-state index < -0.39 is 0 Å². The summed E-state index contributed by atoms with van der Waals surface area (Å²) in [5.41, 5.74) is 3.50. The van der Waals surface area contributed by atoms with Gasteiger partial charge in [0, 0.05) is 39.3 Å². The summed E-state index contributed by atoms with van der Waals surface area (Å²) >= 11 is 0. The average Bonchev–Trinajstić information content (AvgIpc) is 2.93. The van der Waals surface area contributed by atoms with E-state index in [1.54, 1.807) is 28.4 Å². The molecule has 36 heavy (non-hydrogen) atoms. The van der Waals surface area contributed by atoms with Crippen molar-refractivity contribution in [1.29, 1.82) is 0 Å². The van der Waals surface area contributed by atoms with Crippen molar-refractivity contribution in [3.63, 3.8) is 0 Å². The summed E-state index contributed by atoms with van der Waals surface area (Å²) in [7, 11) is 6.60. The van der Waals surface area contributed by atoms with Crippen molar-refractivity contribution < 1.29 is 23.7 Å². The quantitative estimate of drug-likeness (QED) is 0.387. The van der Waals surface area contributed by atoms with E-state index in [-0.39, 0.29) is 0 Å². The van der Waals surface area contributed by atoms with Gasteiger partial charge < -0.3 is 23.7 Å². The molecule has 1 saturated heterocycles. The number of ether oxygens (including phenoxy) is 5. The fourth-order valence-electron chi connectivity index (χ4n) is 4.52. The van der Waals surface area contributed by atoms with Crippen LogP contribution in [0.3, 0.4) is 0 Å². The molecule has 7 heteroatoms. The third kappa shape index (κ3) is 6.42. The molecule has 0 aromatic heterocycles. The molecule has 1 fully saturated rings. The van der Waals surface area contributed by atoms with E-state index in [1.165, 1.54) is 5.56 Å². The van der Waals surface area contributed by atoms with Crippen LogP contribution in [0.25, 0.3) is 0 Å². The highest BCUT2D eigenvalue weighted by Crippen LogP contribution is 2.38. The largest absolute Gasteiger partial charge is 0.493 e. The zero-order valence-corrected chi connectivity index (χ0v) is 21.7. The number of hydrogen-bond donors (Lipinski definition) is 0. The summed E-state index contributed by atoms with van der Waals surface area (Å²) < 4.78 is 28.1. The number of piperazine rings is 1. The van der Waals surface area contributed by atoms with E-state index in [1.807, 2.05) is 36.4 Å². The lowest BCUT2D eigenvalue weighted by Crippen LogP contribution is -2.45. The van der Waals surface area contributed by atoms with Crippen molar-refractivity contribution in [1.82, 2.24) is 9.80 Å². The molecular weight excluding hydrogens is 456 g/mol. The standard InChI is InChI=1S/C29H36N2O5/c1-32-25-11-10-23(16-26(25)36-21-22-8-6-5-7-9-22)19-30-12-14-31(15-13-30)20-24-17-27(33-2)29(35-4)28(18-24)34-3/h5-11,16-18H,12-15,19-21H2,1-4H3. The molecule has 4 rings (SSSR count). The van der Waals surface area contributed by atoms with Crippen molar-refractivity contribution in [2.75, 3.05) is 54.6 Å². The van der Waals surface area contributed by atoms with Crippen LogP contribution >= 0.6 is 0 Å². The predicted molar refractivity (Wildman–Crippen MR) is 140 cm³/mol. The predicted octanol–water partition coefficient (Wildman–Crippen LogP) is 4.62. The molecule has 0 spiro atoms. The highest BCUT2D eigenvalue weighted by Gasteiger charge is 2.20. The molecule has 3 aromatic rings. The van der Waals surface area contributed by atoms with Gasteiger partial charge in [0.15, 0.2) is 23.0 Å². The van der Waals surface area contributed by atoms with Crippen LogP contribution in [0.5, 0.6) is 28.7 Å². The number of hydrogen-bond acceptors (Lipinski definition) is 7. The highest BCUT2D eigenvalue weighted by atomic mass is 16.5. The number of methoxy groups -OCH3 is 4. The maximum atomic E-state index is 6.10. The van der Waals surface area contributed by atoms with Gasteiger partial charge >= 0.3 is 0 Å². The van der Waals surface area contributed by atoms with E-state index in [0.29, 0.717) is 23.9 Å². The van der Waals surface area contributed by atoms with Crippen molar-refractivity contribution in [3.8, 4) is 28.7 Å². The van der Waals surface area contributed by atoms with Crippen molar-refractivity contribution in [3.05, 3.63) is 77.4 Å². The van der Waals surface area contributed by atoms with Crippen molar-refractivity contribution in [2.45, 2.75) is 19.7 Å². The first-order chi connectivity index (χ1) is 17.6. The SMILES string of the molecule is COc1ccc(CN2CCN(Cc3cc(OC)c(OC)c(OC)c3)CC2)cc1OCc1ccccc1. The fraction of sp³-hybridized carbons (Fsp3) is 0.379. The number of rotatable bonds is 11. The summed E-state index contributed by atoms with van der Waals surface area (Å²) in [6, 6.07) is 20.5. The molecule has 1 aliphatic heterocycles. The molecule has 192 valence electrons. The molecule has 0 aliphatic carbocycles. The molecule has 1 heterocycles. The van der Waals surface area contributed by atoms with Gasteiger partial charge in [0.2, 0.25) is 5.75 Å². The Kier molecular flexibility index (Phi) is 8.92. The smallest absolute Gasteiger partial charge is 0.203 e. The van der Waals surface area contributed by atoms with Gasteiger partial charge in [-0.05, 0) is 41.0 Å². The minimum Gasteiger partial charge on any atom is -0.493 e. The summed E-state index contributed by atoms with van der Waals surface area (Å²) in [6.45, 7) is 6.20. The van der Waals surface area contributed by atoms with Crippen molar-refractivity contribution >= 4 is 0 Å². The van der Waals surface area contributed by atoms with E-state index in [0.717, 1.165) is 61.9 Å². The second-order valence-electron chi connectivity index (χ2n) is 8.85. The first kappa shape index (κ1) is 25.7. The van der Waals surface area contributed by atoms with E-state index in [9.17, 15) is 0 Å². The van der Waals surface area contributed by atoms with Gasteiger partial charge in [-0.2, -0.15) is 0 Å². The summed E-state index contributed by atoms with van der Waals surface area (Å²) in [4.78, 5) is 4.94. The topological polar surface area (TPSA) is 52.6 Å². The molecule has 0 radical (unpaired) electrons. The summed E-state index contributed by atoms with van der Waals surface area (Å²) in [5, 5.41) is 0. The van der Waals surface area contributed by atoms with Crippen molar-refractivity contribution in [2.24, 2.45) is 0 Å². The molecule has 3 aromatic carbocycles. The minimum atomic E-state index is 0.514. The average molecular weight is 493 g/mol. The van der Waals surface area contributed by atoms with Crippen LogP contribution in [-0.4, -0.2) is 64.4 Å². The lowest BCUT2D eigenvalue weighted by Gasteiger charge is -2.35. The molecule has 0 N–H and O–H groups in total. The first-order valence-electron chi connectivity index (χ1n) is 12.2. The van der Waals surface area contributed by atoms with Crippen LogP contribution in [0.15, 0.2) is 60.7 Å². The Morgan fingerprint density at radius 2 is 1.11 bits per heavy atom. The van der Waals surface area contributed by atoms with Gasteiger partial charge in [0.25, 0.3) is 0 Å². The third-order valence-corrected chi connectivity index (χ3v) is 6.47. The van der Waals surface area contributed by atoms with Gasteiger partial charge in [-0.15, -0.1) is 0 Å². The maximum absolute atomic E-state index is 6.10. The molecule has 0 amide bonds. The Balaban J connectivity index is 1.33. The van der Waals surface area contributed by atoms with Crippen LogP contribution in [-0.2, 0) is 19.7 Å². The molecule has 1 aliphatic rings. The van der Waals surface area contributed by atoms with Gasteiger partial charge in [-0.1, -0.05) is 36.4 Å². The maximum Gasteiger partial charge on any atom is 0.203 e. The van der Waals surface area contributed by atoms with Crippen LogP contribution < -0.4 is 23.7 Å². The fourth-order valence-corrected chi connectivity index (χ4v) is 4.52. The minimum absolute atomic E-state index is 0.514. The Labute approximate surface area is 214 Å². The molecule has 0 atom stereocenters. The normalized spacial score (nSPS) is 14.3. The third-order valence-electron chi connectivity index (χ3n) is 6.47. The van der Waals surface area contributed by atoms with E-state index in [4.69, 9.17) is 23.7 Å². The van der Waals surface area contributed by atoms with Gasteiger partial charge in [0.1, 0.15) is 6.61 Å². The number of benzene rings is 3. The van der Waals surface area contributed by atoms with Crippen LogP contribution in [0.1, 0.15) is 16.7 Å². The Bertz CT molecular complexity index is 1090. The molecule has 0 saturated carbocycles. The van der Waals surface area contributed by atoms with Crippen LogP contribution in [0.2, 0.25) is 0 Å². The second kappa shape index (κ2) is 12.5. The molecular formula is C29H36N2O5. The van der Waals surface area contributed by atoms with Gasteiger partial charge in [-0.25, -0.2) is 0 Å². The van der Waals surface area contributed by atoms with E-state index in [2.05, 4.69) is 34.1 Å². The van der Waals surface area contributed by atoms with Gasteiger partial charge in [-0.3, -0.25) is 9.80 Å². The second-order valence-corrected chi connectivity index (χ2v) is 8.85. The molecule has 7 nitrogen and oxygen atoms in total. The Hall–Kier alpha value is -3.42.